The van der Waals surface area contributed by atoms with Crippen molar-refractivity contribution in [1.29, 1.82) is 0 Å². The third-order valence-corrected chi connectivity index (χ3v) is 9.34. The van der Waals surface area contributed by atoms with Gasteiger partial charge in [0.25, 0.3) is 21.9 Å². The molecule has 2 amide bonds. The van der Waals surface area contributed by atoms with E-state index in [4.69, 9.17) is 4.55 Å². The van der Waals surface area contributed by atoms with E-state index >= 15 is 0 Å². The quantitative estimate of drug-likeness (QED) is 0.190. The molecule has 2 aliphatic heterocycles. The molecule has 2 aliphatic rings. The summed E-state index contributed by atoms with van der Waals surface area (Å²) in [4.78, 5) is 38.3. The van der Waals surface area contributed by atoms with Crippen molar-refractivity contribution in [2.45, 2.75) is 27.6 Å². The van der Waals surface area contributed by atoms with Gasteiger partial charge in [0.2, 0.25) is 0 Å². The summed E-state index contributed by atoms with van der Waals surface area (Å²) < 4.78 is 31.2. The minimum atomic E-state index is -4.25. The lowest BCUT2D eigenvalue weighted by Crippen LogP contribution is -2.70. The van der Waals surface area contributed by atoms with Crippen LogP contribution < -0.4 is 5.32 Å². The highest BCUT2D eigenvalue weighted by atomic mass is 32.2. The zero-order chi connectivity index (χ0) is 25.3. The maximum Gasteiger partial charge on any atom is 0.352 e. The largest absolute Gasteiger partial charge is 0.477 e. The SMILES string of the molecule is O=C(O)C1=C(CSc2nnc(CS(=O)(=O)O)s2)CS[C@@H]2C(NC(=O)[C@H](O)c3ccccc3)C(=O)N12. The number of thioether (sulfide) groups is 2. The van der Waals surface area contributed by atoms with E-state index in [0.717, 1.165) is 28.0 Å². The summed E-state index contributed by atoms with van der Waals surface area (Å²) in [7, 11) is -4.25. The van der Waals surface area contributed by atoms with Gasteiger partial charge in [-0.05, 0) is 11.1 Å². The minimum absolute atomic E-state index is 0.0923. The summed E-state index contributed by atoms with van der Waals surface area (Å²) in [6.07, 6.45) is -1.47. The second kappa shape index (κ2) is 10.2. The second-order valence-electron chi connectivity index (χ2n) is 7.44. The van der Waals surface area contributed by atoms with Gasteiger partial charge in [0.05, 0.1) is 0 Å². The number of amides is 2. The van der Waals surface area contributed by atoms with Gasteiger partial charge in [0.15, 0.2) is 10.4 Å². The molecular formula is C19H18N4O8S4. The topological polar surface area (TPSA) is 187 Å². The lowest BCUT2D eigenvalue weighted by molar-refractivity contribution is -0.151. The van der Waals surface area contributed by atoms with E-state index in [1.165, 1.54) is 11.8 Å². The third-order valence-electron chi connectivity index (χ3n) is 5.04. The van der Waals surface area contributed by atoms with Gasteiger partial charge in [-0.15, -0.1) is 22.0 Å². The van der Waals surface area contributed by atoms with E-state index in [1.54, 1.807) is 30.3 Å². The molecule has 16 heteroatoms. The number of nitrogens with zero attached hydrogens (tertiary/aromatic N) is 3. The highest BCUT2D eigenvalue weighted by Crippen LogP contribution is 2.42. The molecule has 35 heavy (non-hydrogen) atoms. The molecule has 2 aromatic rings. The molecule has 0 bridgehead atoms. The average Bonchev–Trinajstić information content (AvgIpc) is 3.25. The fourth-order valence-electron chi connectivity index (χ4n) is 3.47. The molecule has 4 N–H and O–H groups in total. The molecule has 1 saturated heterocycles. The first-order chi connectivity index (χ1) is 16.5. The van der Waals surface area contributed by atoms with Crippen LogP contribution in [0.1, 0.15) is 16.7 Å². The lowest BCUT2D eigenvalue weighted by atomic mass is 10.0. The van der Waals surface area contributed by atoms with Gasteiger partial charge in [0, 0.05) is 11.5 Å². The van der Waals surface area contributed by atoms with Crippen LogP contribution in [0, 0.1) is 0 Å². The predicted molar refractivity (Wildman–Crippen MR) is 127 cm³/mol. The molecule has 3 atom stereocenters. The summed E-state index contributed by atoms with van der Waals surface area (Å²) in [6.45, 7) is 0. The summed E-state index contributed by atoms with van der Waals surface area (Å²) in [6, 6.07) is 7.25. The molecule has 4 rings (SSSR count). The highest BCUT2D eigenvalue weighted by Gasteiger charge is 2.54. The maximum absolute atomic E-state index is 12.8. The lowest BCUT2D eigenvalue weighted by Gasteiger charge is -2.49. The van der Waals surface area contributed by atoms with Gasteiger partial charge in [-0.1, -0.05) is 53.4 Å². The first-order valence-corrected chi connectivity index (χ1v) is 14.3. The Labute approximate surface area is 211 Å². The Morgan fingerprint density at radius 3 is 2.63 bits per heavy atom. The van der Waals surface area contributed by atoms with Gasteiger partial charge in [-0.2, -0.15) is 8.42 Å². The molecule has 1 fully saturated rings. The number of aromatic nitrogens is 2. The number of fused-ring (bicyclic) bond motifs is 1. The minimum Gasteiger partial charge on any atom is -0.477 e. The van der Waals surface area contributed by atoms with E-state index in [9.17, 15) is 33.0 Å². The van der Waals surface area contributed by atoms with Crippen molar-refractivity contribution >= 4 is 62.8 Å². The van der Waals surface area contributed by atoms with Crippen molar-refractivity contribution in [1.82, 2.24) is 20.4 Å². The Morgan fingerprint density at radius 2 is 1.97 bits per heavy atom. The van der Waals surface area contributed by atoms with Crippen molar-refractivity contribution in [2.24, 2.45) is 0 Å². The van der Waals surface area contributed by atoms with Crippen LogP contribution in [-0.4, -0.2) is 79.0 Å². The Morgan fingerprint density at radius 1 is 1.26 bits per heavy atom. The van der Waals surface area contributed by atoms with Crippen LogP contribution >= 0.6 is 34.9 Å². The maximum atomic E-state index is 12.8. The second-order valence-corrected chi connectivity index (χ2v) is 12.3. The number of rotatable bonds is 9. The standard InChI is InChI=1S/C19H18N4O8S4/c24-14(9-4-2-1-3-5-9)15(25)20-12-16(26)23-13(18(27)28)10(6-32-17(12)23)7-33-19-22-21-11(34-19)8-35(29,30)31/h1-5,12,14,17,24H,6-8H2,(H,20,25)(H,27,28)(H,29,30,31)/t12?,14-,17-/m1/s1. The van der Waals surface area contributed by atoms with Gasteiger partial charge in [-0.3, -0.25) is 19.0 Å². The predicted octanol–water partition coefficient (Wildman–Crippen LogP) is 0.490. The Hall–Kier alpha value is -2.50. The van der Waals surface area contributed by atoms with Crippen LogP contribution in [0.4, 0.5) is 0 Å². The number of hydrogen-bond acceptors (Lipinski definition) is 11. The van der Waals surface area contributed by atoms with Gasteiger partial charge in [0.1, 0.15) is 27.9 Å². The van der Waals surface area contributed by atoms with E-state index in [-0.39, 0.29) is 22.2 Å². The molecule has 0 aliphatic carbocycles. The van der Waals surface area contributed by atoms with Crippen LogP contribution in [0.5, 0.6) is 0 Å². The molecule has 1 aromatic heterocycles. The highest BCUT2D eigenvalue weighted by molar-refractivity contribution is 8.01. The van der Waals surface area contributed by atoms with Crippen molar-refractivity contribution in [3.05, 3.63) is 52.2 Å². The molecule has 0 spiro atoms. The number of aliphatic hydroxyl groups is 1. The van der Waals surface area contributed by atoms with Crippen molar-refractivity contribution < 1.29 is 37.6 Å². The number of carbonyl (C=O) groups excluding carboxylic acids is 2. The summed E-state index contributed by atoms with van der Waals surface area (Å²) >= 11 is 3.37. The number of carboxylic acid groups (broad SMARTS) is 1. The fourth-order valence-corrected chi connectivity index (χ4v) is 7.70. The first-order valence-electron chi connectivity index (χ1n) is 9.89. The first kappa shape index (κ1) is 25.6. The van der Waals surface area contributed by atoms with Gasteiger partial charge < -0.3 is 15.5 Å². The molecule has 1 aromatic carbocycles. The molecular weight excluding hydrogens is 540 g/mol. The number of β-lactam (4-membered cyclic amide) rings is 1. The Bertz CT molecular complexity index is 1300. The van der Waals surface area contributed by atoms with Gasteiger partial charge in [-0.25, -0.2) is 4.79 Å². The van der Waals surface area contributed by atoms with Crippen LogP contribution in [0.15, 0.2) is 45.9 Å². The number of benzene rings is 1. The molecule has 0 radical (unpaired) electrons. The summed E-state index contributed by atoms with van der Waals surface area (Å²) in [5.74, 6) is -2.88. The third kappa shape index (κ3) is 5.68. The van der Waals surface area contributed by atoms with E-state index in [0.29, 0.717) is 15.5 Å². The average molecular weight is 559 g/mol. The molecule has 186 valence electrons. The monoisotopic (exact) mass is 558 g/mol. The van der Waals surface area contributed by atoms with E-state index in [1.807, 2.05) is 0 Å². The molecule has 1 unspecified atom stereocenters. The van der Waals surface area contributed by atoms with Crippen molar-refractivity contribution in [3.63, 3.8) is 0 Å². The zero-order valence-electron chi connectivity index (χ0n) is 17.6. The zero-order valence-corrected chi connectivity index (χ0v) is 20.9. The van der Waals surface area contributed by atoms with Crippen LogP contribution in [0.3, 0.4) is 0 Å². The van der Waals surface area contributed by atoms with Crippen LogP contribution in [-0.2, 0) is 30.3 Å². The number of carbonyl (C=O) groups is 3. The summed E-state index contributed by atoms with van der Waals surface area (Å²) in [5, 5.41) is 29.5. The molecule has 12 nitrogen and oxygen atoms in total. The molecule has 3 heterocycles. The Balaban J connectivity index is 1.43. The normalized spacial score (nSPS) is 20.7. The number of aliphatic carboxylic acids is 1. The fraction of sp³-hybridized carbons (Fsp3) is 0.316. The smallest absolute Gasteiger partial charge is 0.352 e. The number of hydrogen-bond donors (Lipinski definition) is 4. The number of carboxylic acids is 1. The van der Waals surface area contributed by atoms with Gasteiger partial charge >= 0.3 is 5.97 Å². The molecule has 0 saturated carbocycles. The van der Waals surface area contributed by atoms with Crippen LogP contribution in [0.2, 0.25) is 0 Å². The Kier molecular flexibility index (Phi) is 7.48. The van der Waals surface area contributed by atoms with E-state index in [2.05, 4.69) is 15.5 Å². The van der Waals surface area contributed by atoms with Crippen molar-refractivity contribution in [3.8, 4) is 0 Å². The van der Waals surface area contributed by atoms with Crippen molar-refractivity contribution in [2.75, 3.05) is 11.5 Å². The number of nitrogens with one attached hydrogen (secondary N) is 1. The van der Waals surface area contributed by atoms with E-state index < -0.39 is 51.2 Å². The summed E-state index contributed by atoms with van der Waals surface area (Å²) in [5.41, 5.74) is 0.646. The van der Waals surface area contributed by atoms with Crippen LogP contribution in [0.25, 0.3) is 0 Å². The number of aliphatic hydroxyl groups excluding tert-OH is 1.